The highest BCUT2D eigenvalue weighted by atomic mass is 32.2. The molecule has 0 atom stereocenters. The van der Waals surface area contributed by atoms with Gasteiger partial charge in [0.25, 0.3) is 0 Å². The van der Waals surface area contributed by atoms with Gasteiger partial charge in [-0.25, -0.2) is 13.1 Å². The van der Waals surface area contributed by atoms with Crippen LogP contribution in [-0.2, 0) is 10.0 Å². The van der Waals surface area contributed by atoms with E-state index in [1.165, 1.54) is 6.11 Å². The molecule has 0 unspecified atom stereocenters. The monoisotopic (exact) mass is 135 g/mol. The minimum absolute atomic E-state index is 0.942. The van der Waals surface area contributed by atoms with E-state index in [-0.39, 0.29) is 0 Å². The van der Waals surface area contributed by atoms with Crippen LogP contribution in [0.2, 0.25) is 0 Å². The van der Waals surface area contributed by atoms with E-state index in [0.29, 0.717) is 0 Å². The topological polar surface area (TPSA) is 66.4 Å². The van der Waals surface area contributed by atoms with Crippen molar-refractivity contribution >= 4 is 10.0 Å². The third-order valence-electron chi connectivity index (χ3n) is 0.292. The third-order valence-corrected chi connectivity index (χ3v) is 0.765. The Bertz CT molecular complexity index is 206. The molecule has 0 radical (unpaired) electrons. The lowest BCUT2D eigenvalue weighted by Gasteiger charge is -1.86. The Balaban J connectivity index is 3.89. The van der Waals surface area contributed by atoms with Crippen molar-refractivity contribution in [1.82, 2.24) is 4.72 Å². The fourth-order valence-corrected chi connectivity index (χ4v) is 0.347. The first-order valence-corrected chi connectivity index (χ1v) is 3.56. The van der Waals surface area contributed by atoms with E-state index in [1.807, 2.05) is 0 Å². The molecule has 8 heavy (non-hydrogen) atoms. The quantitative estimate of drug-likeness (QED) is 0.351. The molecule has 0 aliphatic rings. The smallest absolute Gasteiger partial charge is 0.236 e. The molecule has 0 aromatic heterocycles. The SMILES string of the molecule is CS(=O)(=O)NC#CO. The molecule has 0 saturated heterocycles. The molecular weight excluding hydrogens is 130 g/mol. The van der Waals surface area contributed by atoms with E-state index in [2.05, 4.69) is 0 Å². The van der Waals surface area contributed by atoms with Gasteiger partial charge in [0.1, 0.15) is 6.11 Å². The molecule has 0 heterocycles. The molecule has 0 fully saturated rings. The summed E-state index contributed by atoms with van der Waals surface area (Å²) in [5.74, 6) is 0. The summed E-state index contributed by atoms with van der Waals surface area (Å²) in [5.41, 5.74) is 0. The summed E-state index contributed by atoms with van der Waals surface area (Å²) >= 11 is 0. The highest BCUT2D eigenvalue weighted by molar-refractivity contribution is 7.88. The van der Waals surface area contributed by atoms with Crippen LogP contribution in [0.5, 0.6) is 0 Å². The first-order valence-electron chi connectivity index (χ1n) is 1.67. The molecule has 2 N–H and O–H groups in total. The van der Waals surface area contributed by atoms with Gasteiger partial charge in [-0.3, -0.25) is 0 Å². The van der Waals surface area contributed by atoms with Crippen molar-refractivity contribution < 1.29 is 13.5 Å². The lowest BCUT2D eigenvalue weighted by atomic mass is 11.1. The number of rotatable bonds is 1. The van der Waals surface area contributed by atoms with E-state index in [4.69, 9.17) is 5.11 Å². The molecule has 0 amide bonds. The minimum atomic E-state index is -3.27. The first kappa shape index (κ1) is 7.11. The van der Waals surface area contributed by atoms with E-state index < -0.39 is 10.0 Å². The fourth-order valence-electron chi connectivity index (χ4n) is 0.116. The van der Waals surface area contributed by atoms with Crippen LogP contribution in [0.1, 0.15) is 0 Å². The van der Waals surface area contributed by atoms with Crippen molar-refractivity contribution in [2.24, 2.45) is 0 Å². The molecule has 5 heteroatoms. The second-order valence-corrected chi connectivity index (χ2v) is 2.86. The van der Waals surface area contributed by atoms with E-state index >= 15 is 0 Å². The Morgan fingerprint density at radius 2 is 2.12 bits per heavy atom. The van der Waals surface area contributed by atoms with Gasteiger partial charge in [-0.15, -0.1) is 0 Å². The van der Waals surface area contributed by atoms with Gasteiger partial charge in [0.05, 0.1) is 12.3 Å². The fraction of sp³-hybridized carbons (Fsp3) is 0.333. The minimum Gasteiger partial charge on any atom is -0.461 e. The molecule has 0 aromatic carbocycles. The summed E-state index contributed by atoms with van der Waals surface area (Å²) in [4.78, 5) is 0. The van der Waals surface area contributed by atoms with Crippen LogP contribution in [0.25, 0.3) is 0 Å². The maximum atomic E-state index is 10.1. The summed E-state index contributed by atoms with van der Waals surface area (Å²) in [5, 5.41) is 7.74. The maximum absolute atomic E-state index is 10.1. The van der Waals surface area contributed by atoms with E-state index in [9.17, 15) is 8.42 Å². The number of hydrogen-bond donors (Lipinski definition) is 2. The average molecular weight is 135 g/mol. The van der Waals surface area contributed by atoms with Crippen molar-refractivity contribution in [2.75, 3.05) is 6.26 Å². The molecule has 0 saturated carbocycles. The summed E-state index contributed by atoms with van der Waals surface area (Å²) in [6.45, 7) is 0. The average Bonchev–Trinajstić information content (AvgIpc) is 1.59. The Labute approximate surface area is 47.6 Å². The van der Waals surface area contributed by atoms with Crippen LogP contribution in [0.15, 0.2) is 0 Å². The summed E-state index contributed by atoms with van der Waals surface area (Å²) < 4.78 is 21.9. The van der Waals surface area contributed by atoms with Crippen LogP contribution in [-0.4, -0.2) is 19.8 Å². The second-order valence-electron chi connectivity index (χ2n) is 1.11. The molecule has 46 valence electrons. The van der Waals surface area contributed by atoms with Gasteiger partial charge in [-0.05, 0) is 0 Å². The number of aliphatic hydroxyl groups excluding tert-OH is 1. The van der Waals surface area contributed by atoms with Crippen LogP contribution < -0.4 is 4.72 Å². The van der Waals surface area contributed by atoms with Gasteiger partial charge in [-0.1, -0.05) is 0 Å². The predicted molar refractivity (Wildman–Crippen MR) is 27.7 cm³/mol. The van der Waals surface area contributed by atoms with Crippen molar-refractivity contribution in [2.45, 2.75) is 0 Å². The first-order chi connectivity index (χ1) is 3.56. The standard InChI is InChI=1S/C3H5NO3S/c1-8(6,7)4-2-3-5/h4-5H,1H3. The number of nitrogens with one attached hydrogen (secondary N) is 1. The molecular formula is C3H5NO3S. The van der Waals surface area contributed by atoms with Crippen molar-refractivity contribution in [3.63, 3.8) is 0 Å². The number of aliphatic hydroxyl groups is 1. The van der Waals surface area contributed by atoms with Gasteiger partial charge in [-0.2, -0.15) is 0 Å². The van der Waals surface area contributed by atoms with Gasteiger partial charge in [0, 0.05) is 0 Å². The van der Waals surface area contributed by atoms with Gasteiger partial charge in [0.15, 0.2) is 0 Å². The largest absolute Gasteiger partial charge is 0.461 e. The van der Waals surface area contributed by atoms with Crippen molar-refractivity contribution in [3.8, 4) is 12.2 Å². The number of sulfonamides is 1. The van der Waals surface area contributed by atoms with Crippen molar-refractivity contribution in [3.05, 3.63) is 0 Å². The lowest BCUT2D eigenvalue weighted by molar-refractivity contribution is 0.515. The summed E-state index contributed by atoms with van der Waals surface area (Å²) in [6.07, 6.45) is 2.33. The van der Waals surface area contributed by atoms with Gasteiger partial charge < -0.3 is 5.11 Å². The normalized spacial score (nSPS) is 9.12. The Morgan fingerprint density at radius 1 is 1.62 bits per heavy atom. The number of hydrogen-bond acceptors (Lipinski definition) is 3. The molecule has 0 aliphatic carbocycles. The molecule has 0 bridgehead atoms. The molecule has 4 nitrogen and oxygen atoms in total. The van der Waals surface area contributed by atoms with E-state index in [1.54, 1.807) is 10.8 Å². The van der Waals surface area contributed by atoms with Crippen LogP contribution >= 0.6 is 0 Å². The molecule has 0 aliphatic heterocycles. The predicted octanol–water partition coefficient (Wildman–Crippen LogP) is -1.17. The highest BCUT2D eigenvalue weighted by Gasteiger charge is 1.91. The van der Waals surface area contributed by atoms with Gasteiger partial charge >= 0.3 is 0 Å². The lowest BCUT2D eigenvalue weighted by Crippen LogP contribution is -2.15. The zero-order valence-electron chi connectivity index (χ0n) is 4.17. The summed E-state index contributed by atoms with van der Waals surface area (Å²) in [6, 6.07) is 1.76. The molecule has 0 rings (SSSR count). The summed E-state index contributed by atoms with van der Waals surface area (Å²) in [7, 11) is -3.27. The Kier molecular flexibility index (Phi) is 2.16. The van der Waals surface area contributed by atoms with Crippen molar-refractivity contribution in [1.29, 1.82) is 0 Å². The zero-order valence-corrected chi connectivity index (χ0v) is 4.99. The Hall–Kier alpha value is -0.890. The molecule has 0 aromatic rings. The van der Waals surface area contributed by atoms with Crippen LogP contribution in [0.4, 0.5) is 0 Å². The maximum Gasteiger partial charge on any atom is 0.236 e. The third kappa shape index (κ3) is 5.11. The highest BCUT2D eigenvalue weighted by Crippen LogP contribution is 1.66. The van der Waals surface area contributed by atoms with E-state index in [0.717, 1.165) is 6.26 Å². The zero-order chi connectivity index (χ0) is 6.62. The van der Waals surface area contributed by atoms with Crippen LogP contribution in [0.3, 0.4) is 0 Å². The second kappa shape index (κ2) is 2.43. The van der Waals surface area contributed by atoms with Gasteiger partial charge in [0.2, 0.25) is 10.0 Å². The van der Waals surface area contributed by atoms with Crippen LogP contribution in [0, 0.1) is 12.2 Å². The molecule has 0 spiro atoms. The Morgan fingerprint density at radius 3 is 2.25 bits per heavy atom.